The number of aliphatic carboxylic acids is 1. The van der Waals surface area contributed by atoms with Gasteiger partial charge in [0.05, 0.1) is 0 Å². The van der Waals surface area contributed by atoms with Crippen molar-refractivity contribution < 1.29 is 23.4 Å². The van der Waals surface area contributed by atoms with Gasteiger partial charge >= 0.3 is 5.97 Å². The zero-order chi connectivity index (χ0) is 15.5. The van der Waals surface area contributed by atoms with Crippen LogP contribution in [0.15, 0.2) is 18.2 Å². The lowest BCUT2D eigenvalue weighted by Crippen LogP contribution is -2.45. The van der Waals surface area contributed by atoms with Gasteiger partial charge in [-0.3, -0.25) is 4.79 Å². The third-order valence-electron chi connectivity index (χ3n) is 4.15. The van der Waals surface area contributed by atoms with Crippen LogP contribution in [0.4, 0.5) is 8.78 Å². The van der Waals surface area contributed by atoms with Crippen molar-refractivity contribution in [2.45, 2.75) is 24.7 Å². The molecule has 1 atom stereocenters. The molecule has 0 aromatic heterocycles. The van der Waals surface area contributed by atoms with Crippen LogP contribution in [-0.2, 0) is 14.9 Å². The van der Waals surface area contributed by atoms with Crippen molar-refractivity contribution in [3.8, 4) is 0 Å². The van der Waals surface area contributed by atoms with Gasteiger partial charge in [-0.1, -0.05) is 0 Å². The molecule has 0 spiro atoms. The Morgan fingerprint density at radius 2 is 1.86 bits per heavy atom. The van der Waals surface area contributed by atoms with Gasteiger partial charge in [0, 0.05) is 25.8 Å². The first-order chi connectivity index (χ1) is 9.98. The molecule has 1 aromatic carbocycles. The molecule has 1 unspecified atom stereocenters. The molecular weight excluding hydrogens is 280 g/mol. The molecule has 2 rings (SSSR count). The first kappa shape index (κ1) is 15.9. The standard InChI is InChI=1S/C15H19F2NO3/c16-12-5-11(6-13(17)7-12)15(9-18,14(19)20)8-10-1-3-21-4-2-10/h5-7,10H,1-4,8-9,18H2,(H,19,20). The van der Waals surface area contributed by atoms with Gasteiger partial charge in [0.2, 0.25) is 0 Å². The van der Waals surface area contributed by atoms with Crippen LogP contribution >= 0.6 is 0 Å². The molecule has 0 radical (unpaired) electrons. The Hall–Kier alpha value is -1.53. The van der Waals surface area contributed by atoms with Crippen LogP contribution in [-0.4, -0.2) is 30.8 Å². The van der Waals surface area contributed by atoms with E-state index < -0.39 is 23.0 Å². The molecule has 116 valence electrons. The van der Waals surface area contributed by atoms with Crippen molar-refractivity contribution in [1.82, 2.24) is 0 Å². The summed E-state index contributed by atoms with van der Waals surface area (Å²) in [5, 5.41) is 9.63. The van der Waals surface area contributed by atoms with E-state index in [0.717, 1.165) is 31.0 Å². The summed E-state index contributed by atoms with van der Waals surface area (Å²) in [6, 6.07) is 2.84. The minimum Gasteiger partial charge on any atom is -0.481 e. The first-order valence-corrected chi connectivity index (χ1v) is 6.96. The summed E-state index contributed by atoms with van der Waals surface area (Å²) in [6.45, 7) is 0.938. The Bertz CT molecular complexity index is 497. The van der Waals surface area contributed by atoms with Gasteiger partial charge in [-0.25, -0.2) is 8.78 Å². The predicted molar refractivity (Wildman–Crippen MR) is 72.9 cm³/mol. The van der Waals surface area contributed by atoms with Crippen LogP contribution in [0.25, 0.3) is 0 Å². The van der Waals surface area contributed by atoms with Gasteiger partial charge in [-0.15, -0.1) is 0 Å². The van der Waals surface area contributed by atoms with Crippen molar-refractivity contribution in [2.24, 2.45) is 11.7 Å². The normalized spacial score (nSPS) is 19.2. The van der Waals surface area contributed by atoms with E-state index >= 15 is 0 Å². The van der Waals surface area contributed by atoms with Crippen molar-refractivity contribution in [1.29, 1.82) is 0 Å². The van der Waals surface area contributed by atoms with Gasteiger partial charge < -0.3 is 15.6 Å². The van der Waals surface area contributed by atoms with E-state index in [9.17, 15) is 18.7 Å². The summed E-state index contributed by atoms with van der Waals surface area (Å²) < 4.78 is 32.1. The highest BCUT2D eigenvalue weighted by atomic mass is 19.1. The molecule has 3 N–H and O–H groups in total. The second-order valence-electron chi connectivity index (χ2n) is 5.51. The summed E-state index contributed by atoms with van der Waals surface area (Å²) in [4.78, 5) is 11.8. The molecule has 0 saturated carbocycles. The number of carbonyl (C=O) groups is 1. The maximum atomic E-state index is 13.4. The molecule has 1 aliphatic heterocycles. The van der Waals surface area contributed by atoms with E-state index in [0.29, 0.717) is 13.2 Å². The number of hydrogen-bond acceptors (Lipinski definition) is 3. The predicted octanol–water partition coefficient (Wildman–Crippen LogP) is 2.06. The number of nitrogens with two attached hydrogens (primary N) is 1. The zero-order valence-electron chi connectivity index (χ0n) is 11.6. The van der Waals surface area contributed by atoms with Crippen LogP contribution < -0.4 is 5.73 Å². The summed E-state index contributed by atoms with van der Waals surface area (Å²) >= 11 is 0. The summed E-state index contributed by atoms with van der Waals surface area (Å²) in [6.07, 6.45) is 1.71. The Balaban J connectivity index is 2.37. The van der Waals surface area contributed by atoms with Crippen molar-refractivity contribution >= 4 is 5.97 Å². The fraction of sp³-hybridized carbons (Fsp3) is 0.533. The summed E-state index contributed by atoms with van der Waals surface area (Å²) in [5.41, 5.74) is 4.32. The second-order valence-corrected chi connectivity index (χ2v) is 5.51. The van der Waals surface area contributed by atoms with Gasteiger partial charge in [0.25, 0.3) is 0 Å². The SMILES string of the molecule is NCC(CC1CCOCC1)(C(=O)O)c1cc(F)cc(F)c1. The minimum atomic E-state index is -1.47. The van der Waals surface area contributed by atoms with Gasteiger partial charge in [0.15, 0.2) is 0 Å². The molecule has 1 saturated heterocycles. The fourth-order valence-corrected chi connectivity index (χ4v) is 2.89. The third kappa shape index (κ3) is 3.39. The van der Waals surface area contributed by atoms with Crippen molar-refractivity contribution in [2.75, 3.05) is 19.8 Å². The Labute approximate surface area is 121 Å². The van der Waals surface area contributed by atoms with E-state index in [1.54, 1.807) is 0 Å². The molecule has 0 aliphatic carbocycles. The number of ether oxygens (including phenoxy) is 1. The molecule has 0 amide bonds. The lowest BCUT2D eigenvalue weighted by atomic mass is 9.72. The highest BCUT2D eigenvalue weighted by Gasteiger charge is 2.42. The van der Waals surface area contributed by atoms with Crippen LogP contribution in [0.2, 0.25) is 0 Å². The first-order valence-electron chi connectivity index (χ1n) is 6.96. The number of benzene rings is 1. The van der Waals surface area contributed by atoms with E-state index in [1.165, 1.54) is 0 Å². The van der Waals surface area contributed by atoms with Crippen LogP contribution in [0.1, 0.15) is 24.8 Å². The number of carboxylic acids is 1. The Morgan fingerprint density at radius 1 is 1.29 bits per heavy atom. The van der Waals surface area contributed by atoms with Crippen LogP contribution in [0.3, 0.4) is 0 Å². The number of hydrogen-bond donors (Lipinski definition) is 2. The smallest absolute Gasteiger partial charge is 0.315 e. The number of halogens is 2. The maximum Gasteiger partial charge on any atom is 0.315 e. The van der Waals surface area contributed by atoms with E-state index in [1.807, 2.05) is 0 Å². The number of carboxylic acid groups (broad SMARTS) is 1. The molecule has 1 heterocycles. The Kier molecular flexibility index (Phi) is 4.90. The molecule has 6 heteroatoms. The van der Waals surface area contributed by atoms with Gasteiger partial charge in [0.1, 0.15) is 17.0 Å². The number of rotatable bonds is 5. The second kappa shape index (κ2) is 6.49. The summed E-state index contributed by atoms with van der Waals surface area (Å²) in [5.74, 6) is -2.63. The molecule has 4 nitrogen and oxygen atoms in total. The molecule has 1 aliphatic rings. The lowest BCUT2D eigenvalue weighted by Gasteiger charge is -2.34. The van der Waals surface area contributed by atoms with E-state index in [2.05, 4.69) is 0 Å². The quantitative estimate of drug-likeness (QED) is 0.873. The average Bonchev–Trinajstić information content (AvgIpc) is 2.44. The topological polar surface area (TPSA) is 72.5 Å². The van der Waals surface area contributed by atoms with Gasteiger partial charge in [-0.05, 0) is 42.9 Å². The molecule has 1 fully saturated rings. The van der Waals surface area contributed by atoms with E-state index in [4.69, 9.17) is 10.5 Å². The average molecular weight is 299 g/mol. The highest BCUT2D eigenvalue weighted by molar-refractivity contribution is 5.81. The van der Waals surface area contributed by atoms with Crippen molar-refractivity contribution in [3.05, 3.63) is 35.4 Å². The lowest BCUT2D eigenvalue weighted by molar-refractivity contribution is -0.144. The largest absolute Gasteiger partial charge is 0.481 e. The molecule has 21 heavy (non-hydrogen) atoms. The fourth-order valence-electron chi connectivity index (χ4n) is 2.89. The highest BCUT2D eigenvalue weighted by Crippen LogP contribution is 2.35. The maximum absolute atomic E-state index is 13.4. The zero-order valence-corrected chi connectivity index (χ0v) is 11.6. The monoisotopic (exact) mass is 299 g/mol. The van der Waals surface area contributed by atoms with Gasteiger partial charge in [-0.2, -0.15) is 0 Å². The van der Waals surface area contributed by atoms with E-state index in [-0.39, 0.29) is 24.4 Å². The Morgan fingerprint density at radius 3 is 2.33 bits per heavy atom. The van der Waals surface area contributed by atoms with Crippen molar-refractivity contribution in [3.63, 3.8) is 0 Å². The third-order valence-corrected chi connectivity index (χ3v) is 4.15. The van der Waals surface area contributed by atoms with Crippen LogP contribution in [0, 0.1) is 17.6 Å². The summed E-state index contributed by atoms with van der Waals surface area (Å²) in [7, 11) is 0. The minimum absolute atomic E-state index is 0.0847. The molecule has 1 aromatic rings. The molecular formula is C15H19F2NO3. The molecule has 0 bridgehead atoms. The van der Waals surface area contributed by atoms with Crippen LogP contribution in [0.5, 0.6) is 0 Å².